The number of halogens is 2. The molecule has 4 N–H and O–H groups in total. The topological polar surface area (TPSA) is 107 Å². The number of amides is 2. The zero-order chi connectivity index (χ0) is 20.1. The second-order valence-corrected chi connectivity index (χ2v) is 7.28. The second kappa shape index (κ2) is 12.5. The van der Waals surface area contributed by atoms with Crippen LogP contribution < -0.4 is 15.4 Å². The van der Waals surface area contributed by atoms with E-state index < -0.39 is 18.3 Å². The number of piperazine rings is 1. The van der Waals surface area contributed by atoms with Crippen molar-refractivity contribution in [2.24, 2.45) is 0 Å². The summed E-state index contributed by atoms with van der Waals surface area (Å²) in [6.07, 6.45) is -1.83. The van der Waals surface area contributed by atoms with Gasteiger partial charge in [0.15, 0.2) is 0 Å². The number of carbonyl (C=O) groups excluding carboxylic acids is 1. The predicted molar refractivity (Wildman–Crippen MR) is 119 cm³/mol. The highest BCUT2D eigenvalue weighted by Gasteiger charge is 2.46. The molecule has 172 valence electrons. The standard InChI is InChI=1S/C19H30N4O5.2ClH/c1-22-6-8-23(9-7-22)17-15(28-16(12-24)18(17)25)11-20-19(26)21-13-4-3-5-14(10-13)27-2;;/h3-5,10,15-18,24-25H,6-9,11-12H2,1-2H3,(H2,20,21,26);2*1H/t15-,16+,17+,18-;;/m1../s1. The Morgan fingerprint density at radius 3 is 2.57 bits per heavy atom. The number of hydrogen-bond donors (Lipinski definition) is 4. The number of hydrogen-bond acceptors (Lipinski definition) is 7. The van der Waals surface area contributed by atoms with E-state index in [0.29, 0.717) is 11.4 Å². The molecule has 2 aliphatic rings. The molecule has 1 aromatic rings. The number of aliphatic hydroxyl groups excluding tert-OH is 2. The van der Waals surface area contributed by atoms with E-state index in [9.17, 15) is 15.0 Å². The van der Waals surface area contributed by atoms with Gasteiger partial charge in [-0.1, -0.05) is 6.07 Å². The highest BCUT2D eigenvalue weighted by Crippen LogP contribution is 2.26. The monoisotopic (exact) mass is 466 g/mol. The van der Waals surface area contributed by atoms with Crippen LogP contribution in [0.2, 0.25) is 0 Å². The molecule has 0 spiro atoms. The third-order valence-corrected chi connectivity index (χ3v) is 5.39. The number of anilines is 1. The minimum Gasteiger partial charge on any atom is -0.497 e. The summed E-state index contributed by atoms with van der Waals surface area (Å²) in [5.74, 6) is 0.654. The van der Waals surface area contributed by atoms with Crippen LogP contribution in [-0.2, 0) is 4.74 Å². The SMILES string of the molecule is COc1cccc(NC(=O)NC[C@H]2O[C@@H](CO)[C@@H](O)[C@H]2N2CCN(C)CC2)c1.Cl.Cl. The molecule has 2 aliphatic heterocycles. The van der Waals surface area contributed by atoms with E-state index >= 15 is 0 Å². The number of ether oxygens (including phenoxy) is 2. The summed E-state index contributed by atoms with van der Waals surface area (Å²) in [5, 5.41) is 25.7. The van der Waals surface area contributed by atoms with Gasteiger partial charge >= 0.3 is 6.03 Å². The van der Waals surface area contributed by atoms with Crippen molar-refractivity contribution in [1.82, 2.24) is 15.1 Å². The molecular weight excluding hydrogens is 435 g/mol. The molecule has 11 heteroatoms. The van der Waals surface area contributed by atoms with Crippen molar-refractivity contribution < 1.29 is 24.5 Å². The molecule has 3 rings (SSSR count). The smallest absolute Gasteiger partial charge is 0.319 e. The normalized spacial score (nSPS) is 26.9. The lowest BCUT2D eigenvalue weighted by Gasteiger charge is -2.39. The molecule has 2 saturated heterocycles. The number of aliphatic hydroxyl groups is 2. The molecule has 0 aromatic heterocycles. The maximum absolute atomic E-state index is 12.3. The van der Waals surface area contributed by atoms with Crippen molar-refractivity contribution in [3.8, 4) is 5.75 Å². The minimum absolute atomic E-state index is 0. The average Bonchev–Trinajstić information content (AvgIpc) is 3.02. The number of urea groups is 1. The van der Waals surface area contributed by atoms with Crippen LogP contribution in [0.3, 0.4) is 0 Å². The molecule has 1 aromatic carbocycles. The number of likely N-dealkylation sites (N-methyl/N-ethyl adjacent to an activating group) is 1. The first-order valence-corrected chi connectivity index (χ1v) is 9.57. The van der Waals surface area contributed by atoms with Gasteiger partial charge in [0.2, 0.25) is 0 Å². The molecular formula is C19H32Cl2N4O5. The van der Waals surface area contributed by atoms with Gasteiger partial charge in [-0.2, -0.15) is 0 Å². The molecule has 0 radical (unpaired) electrons. The number of nitrogens with one attached hydrogen (secondary N) is 2. The molecule has 2 heterocycles. The van der Waals surface area contributed by atoms with E-state index in [1.807, 2.05) is 0 Å². The van der Waals surface area contributed by atoms with Gasteiger partial charge in [-0.15, -0.1) is 24.8 Å². The first kappa shape index (κ1) is 26.7. The van der Waals surface area contributed by atoms with Gasteiger partial charge < -0.3 is 35.2 Å². The first-order valence-electron chi connectivity index (χ1n) is 9.57. The summed E-state index contributed by atoms with van der Waals surface area (Å²) >= 11 is 0. The van der Waals surface area contributed by atoms with E-state index in [4.69, 9.17) is 9.47 Å². The highest BCUT2D eigenvalue weighted by molar-refractivity contribution is 5.89. The Labute approximate surface area is 189 Å². The lowest BCUT2D eigenvalue weighted by Crippen LogP contribution is -2.57. The summed E-state index contributed by atoms with van der Waals surface area (Å²) < 4.78 is 11.0. The van der Waals surface area contributed by atoms with Crippen LogP contribution in [0.25, 0.3) is 0 Å². The summed E-state index contributed by atoms with van der Waals surface area (Å²) in [6, 6.07) is 6.46. The van der Waals surface area contributed by atoms with E-state index in [2.05, 4.69) is 27.5 Å². The van der Waals surface area contributed by atoms with Crippen molar-refractivity contribution in [3.05, 3.63) is 24.3 Å². The Kier molecular flexibility index (Phi) is 11.1. The van der Waals surface area contributed by atoms with E-state index in [1.165, 1.54) is 0 Å². The lowest BCUT2D eigenvalue weighted by molar-refractivity contribution is -0.0205. The van der Waals surface area contributed by atoms with Gasteiger partial charge in [0, 0.05) is 44.5 Å². The molecule has 4 atom stereocenters. The Hall–Kier alpha value is -1.33. The fraction of sp³-hybridized carbons (Fsp3) is 0.632. The van der Waals surface area contributed by atoms with Crippen LogP contribution in [0.15, 0.2) is 24.3 Å². The molecule has 2 fully saturated rings. The van der Waals surface area contributed by atoms with E-state index in [-0.39, 0.29) is 50.0 Å². The molecule has 0 aliphatic carbocycles. The van der Waals surface area contributed by atoms with Gasteiger partial charge in [0.05, 0.1) is 25.9 Å². The molecule has 0 bridgehead atoms. The van der Waals surface area contributed by atoms with Gasteiger partial charge in [0.25, 0.3) is 0 Å². The fourth-order valence-electron chi connectivity index (χ4n) is 3.79. The Bertz CT molecular complexity index is 664. The average molecular weight is 467 g/mol. The largest absolute Gasteiger partial charge is 0.497 e. The second-order valence-electron chi connectivity index (χ2n) is 7.28. The molecule has 0 saturated carbocycles. The van der Waals surface area contributed by atoms with Crippen molar-refractivity contribution >= 4 is 36.5 Å². The molecule has 2 amide bonds. The van der Waals surface area contributed by atoms with E-state index in [0.717, 1.165) is 26.2 Å². The number of rotatable bonds is 6. The maximum Gasteiger partial charge on any atom is 0.319 e. The van der Waals surface area contributed by atoms with Crippen LogP contribution in [-0.4, -0.2) is 104 Å². The first-order chi connectivity index (χ1) is 13.5. The van der Waals surface area contributed by atoms with Crippen LogP contribution in [0.1, 0.15) is 0 Å². The quantitative estimate of drug-likeness (QED) is 0.480. The maximum atomic E-state index is 12.3. The number of carbonyl (C=O) groups is 1. The Morgan fingerprint density at radius 2 is 1.93 bits per heavy atom. The number of nitrogens with zero attached hydrogens (tertiary/aromatic N) is 2. The summed E-state index contributed by atoms with van der Waals surface area (Å²) in [6.45, 7) is 3.42. The van der Waals surface area contributed by atoms with Crippen LogP contribution >= 0.6 is 24.8 Å². The summed E-state index contributed by atoms with van der Waals surface area (Å²) in [4.78, 5) is 16.7. The van der Waals surface area contributed by atoms with Gasteiger partial charge in [-0.25, -0.2) is 4.79 Å². The fourth-order valence-corrected chi connectivity index (χ4v) is 3.79. The third kappa shape index (κ3) is 6.58. The molecule has 9 nitrogen and oxygen atoms in total. The van der Waals surface area contributed by atoms with Crippen molar-refractivity contribution in [3.63, 3.8) is 0 Å². The van der Waals surface area contributed by atoms with Crippen molar-refractivity contribution in [1.29, 1.82) is 0 Å². The van der Waals surface area contributed by atoms with Crippen LogP contribution in [0, 0.1) is 0 Å². The predicted octanol–water partition coefficient (Wildman–Crippen LogP) is 0.397. The Morgan fingerprint density at radius 1 is 1.23 bits per heavy atom. The molecule has 0 unspecified atom stereocenters. The lowest BCUT2D eigenvalue weighted by atomic mass is 10.0. The van der Waals surface area contributed by atoms with Crippen LogP contribution in [0.4, 0.5) is 10.5 Å². The van der Waals surface area contributed by atoms with E-state index in [1.54, 1.807) is 31.4 Å². The zero-order valence-electron chi connectivity index (χ0n) is 17.2. The van der Waals surface area contributed by atoms with Gasteiger partial charge in [-0.3, -0.25) is 4.90 Å². The zero-order valence-corrected chi connectivity index (χ0v) is 18.8. The molecule has 30 heavy (non-hydrogen) atoms. The summed E-state index contributed by atoms with van der Waals surface area (Å²) in [7, 11) is 3.63. The van der Waals surface area contributed by atoms with Gasteiger partial charge in [0.1, 0.15) is 18.0 Å². The van der Waals surface area contributed by atoms with Gasteiger partial charge in [-0.05, 0) is 19.2 Å². The Balaban J connectivity index is 0.00000225. The van der Waals surface area contributed by atoms with Crippen LogP contribution in [0.5, 0.6) is 5.75 Å². The number of methoxy groups -OCH3 is 1. The van der Waals surface area contributed by atoms with Crippen molar-refractivity contribution in [2.75, 3.05) is 58.8 Å². The van der Waals surface area contributed by atoms with Crippen molar-refractivity contribution in [2.45, 2.75) is 24.4 Å². The number of benzene rings is 1. The highest BCUT2D eigenvalue weighted by atomic mass is 35.5. The minimum atomic E-state index is -0.790. The summed E-state index contributed by atoms with van der Waals surface area (Å²) in [5.41, 5.74) is 0.619. The third-order valence-electron chi connectivity index (χ3n) is 5.39.